The monoisotopic (exact) mass is 337 g/mol. The first kappa shape index (κ1) is 20.1. The Morgan fingerprint density at radius 3 is 2.08 bits per heavy atom. The van der Waals surface area contributed by atoms with E-state index < -0.39 is 35.1 Å². The Kier molecular flexibility index (Phi) is 6.10. The van der Waals surface area contributed by atoms with E-state index in [1.807, 2.05) is 6.07 Å². The van der Waals surface area contributed by atoms with Crippen molar-refractivity contribution in [2.24, 2.45) is 17.4 Å². The Morgan fingerprint density at radius 1 is 1.17 bits per heavy atom. The van der Waals surface area contributed by atoms with Gasteiger partial charge in [-0.3, -0.25) is 4.79 Å². The Balaban J connectivity index is 3.21. The van der Waals surface area contributed by atoms with Gasteiger partial charge < -0.3 is 27.0 Å². The fourth-order valence-corrected chi connectivity index (χ4v) is 2.38. The smallest absolute Gasteiger partial charge is 0.359 e. The first-order valence-corrected chi connectivity index (χ1v) is 7.82. The molecule has 1 aromatic carbocycles. The van der Waals surface area contributed by atoms with Gasteiger partial charge in [0.15, 0.2) is 0 Å². The maximum absolute atomic E-state index is 12.2. The number of hydrogen-bond acceptors (Lipinski definition) is 5. The lowest BCUT2D eigenvalue weighted by molar-refractivity contribution is -0.176. The number of nitrogens with two attached hydrogens (primary N) is 2. The molecule has 0 radical (unpaired) electrons. The molecule has 0 aliphatic rings. The molecule has 24 heavy (non-hydrogen) atoms. The molecule has 0 saturated heterocycles. The molecule has 0 spiro atoms. The van der Waals surface area contributed by atoms with Gasteiger partial charge in [0, 0.05) is 5.92 Å². The van der Waals surface area contributed by atoms with Gasteiger partial charge in [0.05, 0.1) is 11.6 Å². The number of carbonyl (C=O) groups excluding carboxylic acids is 1. The van der Waals surface area contributed by atoms with Crippen LogP contribution in [-0.2, 0) is 9.59 Å². The largest absolute Gasteiger partial charge is 0.478 e. The van der Waals surface area contributed by atoms with Crippen LogP contribution in [0.3, 0.4) is 0 Å². The molecule has 0 aliphatic carbocycles. The molecule has 1 rings (SSSR count). The van der Waals surface area contributed by atoms with Crippen molar-refractivity contribution in [1.82, 2.24) is 5.32 Å². The van der Waals surface area contributed by atoms with E-state index in [1.54, 1.807) is 45.0 Å². The highest BCUT2D eigenvalue weighted by molar-refractivity contribution is 5.89. The first-order chi connectivity index (χ1) is 10.9. The number of benzene rings is 1. The second kappa shape index (κ2) is 7.29. The maximum atomic E-state index is 12.2. The highest BCUT2D eigenvalue weighted by Crippen LogP contribution is 2.33. The lowest BCUT2D eigenvalue weighted by Crippen LogP contribution is -2.74. The molecule has 7 N–H and O–H groups in total. The standard InChI is InChI=1S/C17H27N3O4/c1-10(2)13(18)14(21)20-17(24,15(22)23)16(4,19)11(3)12-8-6-5-7-9-12/h5-11,13,24H,18-19H2,1-4H3,(H,20,21)(H,22,23). The van der Waals surface area contributed by atoms with Gasteiger partial charge in [-0.05, 0) is 18.4 Å². The molecular formula is C17H27N3O4. The number of rotatable bonds is 7. The Labute approximate surface area is 142 Å². The van der Waals surface area contributed by atoms with Crippen molar-refractivity contribution in [2.45, 2.75) is 50.9 Å². The van der Waals surface area contributed by atoms with Crippen molar-refractivity contribution < 1.29 is 19.8 Å². The molecule has 0 aliphatic heterocycles. The highest BCUT2D eigenvalue weighted by Gasteiger charge is 2.55. The number of carboxylic acids is 1. The lowest BCUT2D eigenvalue weighted by atomic mass is 9.74. The molecule has 0 heterocycles. The number of nitrogens with one attached hydrogen (secondary N) is 1. The van der Waals surface area contributed by atoms with Crippen molar-refractivity contribution in [2.75, 3.05) is 0 Å². The zero-order valence-electron chi connectivity index (χ0n) is 14.5. The molecule has 1 aromatic rings. The van der Waals surface area contributed by atoms with Crippen LogP contribution < -0.4 is 16.8 Å². The summed E-state index contributed by atoms with van der Waals surface area (Å²) in [6.07, 6.45) is 0. The van der Waals surface area contributed by atoms with Gasteiger partial charge in [0.1, 0.15) is 0 Å². The number of amides is 1. The third-order valence-electron chi connectivity index (χ3n) is 4.61. The topological polar surface area (TPSA) is 139 Å². The van der Waals surface area contributed by atoms with Crippen LogP contribution in [0.2, 0.25) is 0 Å². The first-order valence-electron chi connectivity index (χ1n) is 7.82. The minimum Gasteiger partial charge on any atom is -0.478 e. The molecule has 7 heteroatoms. The van der Waals surface area contributed by atoms with E-state index in [0.29, 0.717) is 0 Å². The van der Waals surface area contributed by atoms with E-state index in [0.717, 1.165) is 5.56 Å². The van der Waals surface area contributed by atoms with Crippen molar-refractivity contribution >= 4 is 11.9 Å². The number of hydrogen-bond donors (Lipinski definition) is 5. The summed E-state index contributed by atoms with van der Waals surface area (Å²) in [4.78, 5) is 23.9. The second-order valence-corrected chi connectivity index (χ2v) is 6.69. The third-order valence-corrected chi connectivity index (χ3v) is 4.61. The van der Waals surface area contributed by atoms with Gasteiger partial charge in [-0.1, -0.05) is 51.1 Å². The fourth-order valence-electron chi connectivity index (χ4n) is 2.38. The lowest BCUT2D eigenvalue weighted by Gasteiger charge is -2.43. The van der Waals surface area contributed by atoms with E-state index >= 15 is 0 Å². The van der Waals surface area contributed by atoms with Crippen LogP contribution in [-0.4, -0.2) is 39.4 Å². The molecule has 7 nitrogen and oxygen atoms in total. The molecule has 134 valence electrons. The summed E-state index contributed by atoms with van der Waals surface area (Å²) < 4.78 is 0. The summed E-state index contributed by atoms with van der Waals surface area (Å²) in [6.45, 7) is 6.52. The van der Waals surface area contributed by atoms with Gasteiger partial charge in [-0.25, -0.2) is 4.79 Å². The van der Waals surface area contributed by atoms with Crippen molar-refractivity contribution in [3.05, 3.63) is 35.9 Å². The van der Waals surface area contributed by atoms with Crippen molar-refractivity contribution in [3.63, 3.8) is 0 Å². The number of aliphatic hydroxyl groups is 1. The van der Waals surface area contributed by atoms with Crippen LogP contribution in [0.25, 0.3) is 0 Å². The molecule has 0 bridgehead atoms. The minimum atomic E-state index is -2.67. The quantitative estimate of drug-likeness (QED) is 0.456. The van der Waals surface area contributed by atoms with E-state index in [-0.39, 0.29) is 5.92 Å². The van der Waals surface area contributed by atoms with Gasteiger partial charge >= 0.3 is 5.97 Å². The number of aliphatic carboxylic acids is 1. The molecule has 0 aromatic heterocycles. The van der Waals surface area contributed by atoms with Crippen LogP contribution in [0.15, 0.2) is 30.3 Å². The summed E-state index contributed by atoms with van der Waals surface area (Å²) in [7, 11) is 0. The molecular weight excluding hydrogens is 310 g/mol. The van der Waals surface area contributed by atoms with Crippen molar-refractivity contribution in [3.8, 4) is 0 Å². The van der Waals surface area contributed by atoms with Gasteiger partial charge in [0.25, 0.3) is 5.72 Å². The van der Waals surface area contributed by atoms with E-state index in [1.165, 1.54) is 6.92 Å². The Hall–Kier alpha value is -1.96. The predicted octanol–water partition coefficient (Wildman–Crippen LogP) is 0.380. The minimum absolute atomic E-state index is 0.223. The van der Waals surface area contributed by atoms with Crippen LogP contribution in [0.5, 0.6) is 0 Å². The molecule has 1 amide bonds. The van der Waals surface area contributed by atoms with Gasteiger partial charge in [0.2, 0.25) is 5.91 Å². The fraction of sp³-hybridized carbons (Fsp3) is 0.529. The summed E-state index contributed by atoms with van der Waals surface area (Å²) >= 11 is 0. The molecule has 4 atom stereocenters. The van der Waals surface area contributed by atoms with Crippen LogP contribution in [0.1, 0.15) is 39.2 Å². The van der Waals surface area contributed by atoms with Crippen LogP contribution in [0, 0.1) is 5.92 Å². The molecule has 4 unspecified atom stereocenters. The van der Waals surface area contributed by atoms with Crippen LogP contribution >= 0.6 is 0 Å². The van der Waals surface area contributed by atoms with E-state index in [9.17, 15) is 19.8 Å². The second-order valence-electron chi connectivity index (χ2n) is 6.69. The maximum Gasteiger partial charge on any atom is 0.359 e. The van der Waals surface area contributed by atoms with E-state index in [2.05, 4.69) is 5.32 Å². The summed E-state index contributed by atoms with van der Waals surface area (Å²) in [5.74, 6) is -3.19. The van der Waals surface area contributed by atoms with Crippen molar-refractivity contribution in [1.29, 1.82) is 0 Å². The van der Waals surface area contributed by atoms with Crippen LogP contribution in [0.4, 0.5) is 0 Å². The zero-order valence-corrected chi connectivity index (χ0v) is 14.5. The summed E-state index contributed by atoms with van der Waals surface area (Å²) in [6, 6.07) is 7.99. The average Bonchev–Trinajstić information content (AvgIpc) is 2.53. The van der Waals surface area contributed by atoms with E-state index in [4.69, 9.17) is 11.5 Å². The van der Waals surface area contributed by atoms with Gasteiger partial charge in [-0.2, -0.15) is 0 Å². The van der Waals surface area contributed by atoms with Gasteiger partial charge in [-0.15, -0.1) is 0 Å². The SMILES string of the molecule is CC(C)C(N)C(=O)NC(O)(C(=O)O)C(C)(N)C(C)c1ccccc1. The zero-order chi connectivity index (χ0) is 18.7. The number of carbonyl (C=O) groups is 2. The normalized spacial score (nSPS) is 19.0. The number of carboxylic acid groups (broad SMARTS) is 1. The Morgan fingerprint density at radius 2 is 1.67 bits per heavy atom. The third kappa shape index (κ3) is 3.75. The highest BCUT2D eigenvalue weighted by atomic mass is 16.4. The molecule has 0 saturated carbocycles. The average molecular weight is 337 g/mol. The summed E-state index contributed by atoms with van der Waals surface area (Å²) in [5.41, 5.74) is 8.33. The predicted molar refractivity (Wildman–Crippen MR) is 91.0 cm³/mol. The Bertz CT molecular complexity index is 589. The molecule has 0 fully saturated rings. The summed E-state index contributed by atoms with van der Waals surface area (Å²) in [5, 5.41) is 22.4.